The highest BCUT2D eigenvalue weighted by Gasteiger charge is 1.90. The molecule has 0 saturated heterocycles. The van der Waals surface area contributed by atoms with Gasteiger partial charge < -0.3 is 15.3 Å². The second-order valence-corrected chi connectivity index (χ2v) is 2.24. The van der Waals surface area contributed by atoms with Crippen LogP contribution in [-0.4, -0.2) is 21.3 Å². The van der Waals surface area contributed by atoms with Crippen molar-refractivity contribution >= 4 is 5.97 Å². The van der Waals surface area contributed by atoms with Crippen LogP contribution in [-0.2, 0) is 4.79 Å². The fourth-order valence-corrected chi connectivity index (χ4v) is 0.464. The molecule has 0 saturated carbocycles. The van der Waals surface area contributed by atoms with Crippen molar-refractivity contribution in [3.8, 4) is 11.5 Å². The van der Waals surface area contributed by atoms with Gasteiger partial charge in [0.15, 0.2) is 11.5 Å². The molecular weight excluding hydrogens is 172 g/mol. The summed E-state index contributed by atoms with van der Waals surface area (Å²) in [6.45, 7) is 1.60. The van der Waals surface area contributed by atoms with Crippen molar-refractivity contribution in [2.75, 3.05) is 0 Å². The number of phenols is 2. The molecule has 13 heavy (non-hydrogen) atoms. The molecule has 72 valence electrons. The third-order valence-electron chi connectivity index (χ3n) is 1.18. The van der Waals surface area contributed by atoms with Gasteiger partial charge in [-0.3, -0.25) is 4.79 Å². The number of rotatable bonds is 1. The Morgan fingerprint density at radius 1 is 1.23 bits per heavy atom. The van der Waals surface area contributed by atoms with Crippen molar-refractivity contribution in [2.45, 2.75) is 13.3 Å². The van der Waals surface area contributed by atoms with Crippen LogP contribution in [0.5, 0.6) is 11.5 Å². The third-order valence-corrected chi connectivity index (χ3v) is 1.18. The van der Waals surface area contributed by atoms with Gasteiger partial charge in [-0.25, -0.2) is 0 Å². The zero-order valence-electron chi connectivity index (χ0n) is 7.27. The van der Waals surface area contributed by atoms with Crippen LogP contribution in [0.1, 0.15) is 13.3 Å². The first-order valence-corrected chi connectivity index (χ1v) is 3.76. The van der Waals surface area contributed by atoms with Crippen molar-refractivity contribution in [2.24, 2.45) is 0 Å². The number of carboxylic acid groups (broad SMARTS) is 1. The predicted molar refractivity (Wildman–Crippen MR) is 47.7 cm³/mol. The standard InChI is InChI=1S/C6H6O2.C3H6O2/c7-5-3-1-2-4-6(5)8;1-2-3(4)5/h1-4,7-8H;2H2,1H3,(H,4,5). The van der Waals surface area contributed by atoms with Gasteiger partial charge in [0, 0.05) is 6.42 Å². The molecular formula is C9H12O4. The molecule has 0 aliphatic carbocycles. The van der Waals surface area contributed by atoms with Gasteiger partial charge in [-0.1, -0.05) is 19.1 Å². The maximum Gasteiger partial charge on any atom is 0.303 e. The molecule has 0 spiro atoms. The molecule has 0 unspecified atom stereocenters. The fraction of sp³-hybridized carbons (Fsp3) is 0.222. The Morgan fingerprint density at radius 3 is 1.69 bits per heavy atom. The van der Waals surface area contributed by atoms with Gasteiger partial charge in [0.1, 0.15) is 0 Å². The molecule has 4 nitrogen and oxygen atoms in total. The SMILES string of the molecule is CCC(=O)O.Oc1ccccc1O. The van der Waals surface area contributed by atoms with Crippen LogP contribution in [0.4, 0.5) is 0 Å². The number of carbonyl (C=O) groups is 1. The van der Waals surface area contributed by atoms with E-state index in [0.717, 1.165) is 0 Å². The van der Waals surface area contributed by atoms with Crippen molar-refractivity contribution in [3.63, 3.8) is 0 Å². The first-order valence-electron chi connectivity index (χ1n) is 3.76. The van der Waals surface area contributed by atoms with Gasteiger partial charge in [-0.15, -0.1) is 0 Å². The number of para-hydroxylation sites is 2. The summed E-state index contributed by atoms with van der Waals surface area (Å²) >= 11 is 0. The number of phenolic OH excluding ortho intramolecular Hbond substituents is 2. The number of hydrogen-bond donors (Lipinski definition) is 3. The van der Waals surface area contributed by atoms with Crippen molar-refractivity contribution in [1.29, 1.82) is 0 Å². The molecule has 4 heteroatoms. The number of carboxylic acids is 1. The van der Waals surface area contributed by atoms with Gasteiger partial charge in [0.2, 0.25) is 0 Å². The van der Waals surface area contributed by atoms with E-state index >= 15 is 0 Å². The maximum atomic E-state index is 9.37. The molecule has 1 rings (SSSR count). The Labute approximate surface area is 76.1 Å². The molecule has 0 aliphatic rings. The van der Waals surface area contributed by atoms with E-state index < -0.39 is 5.97 Å². The molecule has 0 aliphatic heterocycles. The first-order chi connectivity index (χ1) is 6.07. The van der Waals surface area contributed by atoms with Crippen LogP contribution >= 0.6 is 0 Å². The summed E-state index contributed by atoms with van der Waals surface area (Å²) in [5.74, 6) is -0.898. The summed E-state index contributed by atoms with van der Waals surface area (Å²) in [4.78, 5) is 9.37. The zero-order valence-corrected chi connectivity index (χ0v) is 7.27. The summed E-state index contributed by atoms with van der Waals surface area (Å²) in [5, 5.41) is 25.1. The van der Waals surface area contributed by atoms with Crippen molar-refractivity contribution in [3.05, 3.63) is 24.3 Å². The minimum absolute atomic E-state index is 0.0764. The quantitative estimate of drug-likeness (QED) is 0.579. The van der Waals surface area contributed by atoms with E-state index in [2.05, 4.69) is 0 Å². The Balaban J connectivity index is 0.000000252. The van der Waals surface area contributed by atoms with Crippen LogP contribution in [0.3, 0.4) is 0 Å². The molecule has 0 atom stereocenters. The third kappa shape index (κ3) is 5.55. The first kappa shape index (κ1) is 11.3. The van der Waals surface area contributed by atoms with E-state index in [9.17, 15) is 4.79 Å². The molecule has 1 aromatic rings. The van der Waals surface area contributed by atoms with Crippen molar-refractivity contribution in [1.82, 2.24) is 0 Å². The Kier molecular flexibility index (Phi) is 5.11. The summed E-state index contributed by atoms with van der Waals surface area (Å²) in [7, 11) is 0. The number of benzene rings is 1. The summed E-state index contributed by atoms with van der Waals surface area (Å²) in [6, 6.07) is 6.15. The van der Waals surface area contributed by atoms with E-state index in [-0.39, 0.29) is 17.9 Å². The van der Waals surface area contributed by atoms with Gasteiger partial charge >= 0.3 is 5.97 Å². The van der Waals surface area contributed by atoms with Crippen LogP contribution in [0.2, 0.25) is 0 Å². The molecule has 0 amide bonds. The lowest BCUT2D eigenvalue weighted by Gasteiger charge is -1.91. The molecule has 0 heterocycles. The van der Waals surface area contributed by atoms with Crippen LogP contribution in [0.15, 0.2) is 24.3 Å². The molecule has 0 bridgehead atoms. The predicted octanol–water partition coefficient (Wildman–Crippen LogP) is 1.58. The summed E-state index contributed by atoms with van der Waals surface area (Å²) in [6.07, 6.45) is 0.222. The lowest BCUT2D eigenvalue weighted by molar-refractivity contribution is -0.136. The monoisotopic (exact) mass is 184 g/mol. The highest BCUT2D eigenvalue weighted by Crippen LogP contribution is 2.21. The van der Waals surface area contributed by atoms with E-state index in [1.807, 2.05) is 0 Å². The van der Waals surface area contributed by atoms with Gasteiger partial charge in [0.05, 0.1) is 0 Å². The smallest absolute Gasteiger partial charge is 0.303 e. The fourth-order valence-electron chi connectivity index (χ4n) is 0.464. The van der Waals surface area contributed by atoms with Gasteiger partial charge in [-0.05, 0) is 12.1 Å². The summed E-state index contributed by atoms with van der Waals surface area (Å²) < 4.78 is 0. The normalized spacial score (nSPS) is 8.38. The average Bonchev–Trinajstić information content (AvgIpc) is 2.11. The van der Waals surface area contributed by atoms with Crippen LogP contribution in [0.25, 0.3) is 0 Å². The Hall–Kier alpha value is -1.71. The largest absolute Gasteiger partial charge is 0.504 e. The van der Waals surface area contributed by atoms with E-state index in [0.29, 0.717) is 0 Å². The van der Waals surface area contributed by atoms with Crippen LogP contribution in [0, 0.1) is 0 Å². The highest BCUT2D eigenvalue weighted by molar-refractivity contribution is 5.66. The minimum Gasteiger partial charge on any atom is -0.504 e. The average molecular weight is 184 g/mol. The maximum absolute atomic E-state index is 9.37. The molecule has 0 aromatic heterocycles. The van der Waals surface area contributed by atoms with E-state index in [1.54, 1.807) is 19.1 Å². The second-order valence-electron chi connectivity index (χ2n) is 2.24. The molecule has 0 fully saturated rings. The second kappa shape index (κ2) is 5.88. The van der Waals surface area contributed by atoms with E-state index in [1.165, 1.54) is 12.1 Å². The zero-order chi connectivity index (χ0) is 10.3. The lowest BCUT2D eigenvalue weighted by atomic mass is 10.3. The highest BCUT2D eigenvalue weighted by atomic mass is 16.4. The Bertz CT molecular complexity index is 249. The van der Waals surface area contributed by atoms with Gasteiger partial charge in [0.25, 0.3) is 0 Å². The van der Waals surface area contributed by atoms with Crippen LogP contribution < -0.4 is 0 Å². The molecule has 3 N–H and O–H groups in total. The molecule has 1 aromatic carbocycles. The minimum atomic E-state index is -0.745. The topological polar surface area (TPSA) is 77.8 Å². The number of aliphatic carboxylic acids is 1. The Morgan fingerprint density at radius 2 is 1.54 bits per heavy atom. The molecule has 0 radical (unpaired) electrons. The van der Waals surface area contributed by atoms with E-state index in [4.69, 9.17) is 15.3 Å². The number of hydrogen-bond acceptors (Lipinski definition) is 3. The summed E-state index contributed by atoms with van der Waals surface area (Å²) in [5.41, 5.74) is 0. The lowest BCUT2D eigenvalue weighted by Crippen LogP contribution is -1.86. The number of aromatic hydroxyl groups is 2. The van der Waals surface area contributed by atoms with Gasteiger partial charge in [-0.2, -0.15) is 0 Å². The van der Waals surface area contributed by atoms with Crippen molar-refractivity contribution < 1.29 is 20.1 Å².